The van der Waals surface area contributed by atoms with E-state index in [-0.39, 0.29) is 5.91 Å². The van der Waals surface area contributed by atoms with E-state index in [1.54, 1.807) is 22.3 Å². The van der Waals surface area contributed by atoms with Gasteiger partial charge in [-0.15, -0.1) is 11.3 Å². The van der Waals surface area contributed by atoms with Crippen LogP contribution in [-0.2, 0) is 21.2 Å². The van der Waals surface area contributed by atoms with Gasteiger partial charge in [-0.1, -0.05) is 36.4 Å². The van der Waals surface area contributed by atoms with Crippen LogP contribution in [0.5, 0.6) is 0 Å². The molecule has 1 fully saturated rings. The Morgan fingerprint density at radius 1 is 1.04 bits per heavy atom. The van der Waals surface area contributed by atoms with E-state index in [9.17, 15) is 13.2 Å². The number of amides is 1. The Hall–Kier alpha value is -1.96. The van der Waals surface area contributed by atoms with Crippen molar-refractivity contribution in [1.29, 1.82) is 0 Å². The first-order valence-corrected chi connectivity index (χ1v) is 10.5. The molecule has 1 aromatic heterocycles. The summed E-state index contributed by atoms with van der Waals surface area (Å²) in [7, 11) is -3.46. The minimum Gasteiger partial charge on any atom is -0.340 e. The van der Waals surface area contributed by atoms with Crippen LogP contribution in [0.3, 0.4) is 0 Å². The average Bonchev–Trinajstić information content (AvgIpc) is 3.14. The van der Waals surface area contributed by atoms with E-state index in [2.05, 4.69) is 0 Å². The van der Waals surface area contributed by atoms with E-state index in [1.807, 2.05) is 47.8 Å². The number of hydrogen-bond acceptors (Lipinski definition) is 4. The van der Waals surface area contributed by atoms with Crippen molar-refractivity contribution in [2.75, 3.05) is 26.2 Å². The van der Waals surface area contributed by atoms with E-state index in [1.165, 1.54) is 9.71 Å². The fraction of sp³-hybridized carbons (Fsp3) is 0.278. The maximum absolute atomic E-state index is 12.4. The molecule has 5 nitrogen and oxygen atoms in total. The summed E-state index contributed by atoms with van der Waals surface area (Å²) >= 11 is 1.56. The van der Waals surface area contributed by atoms with Crippen molar-refractivity contribution in [3.05, 3.63) is 63.7 Å². The lowest BCUT2D eigenvalue weighted by molar-refractivity contribution is -0.131. The molecule has 1 aliphatic heterocycles. The molecule has 132 valence electrons. The molecule has 2 aromatic rings. The number of carbonyl (C=O) groups is 1. The van der Waals surface area contributed by atoms with Gasteiger partial charge in [0, 0.05) is 36.5 Å². The molecule has 3 rings (SSSR count). The van der Waals surface area contributed by atoms with Gasteiger partial charge in [0.05, 0.1) is 6.42 Å². The van der Waals surface area contributed by atoms with Crippen molar-refractivity contribution in [2.24, 2.45) is 0 Å². The molecule has 0 saturated carbocycles. The van der Waals surface area contributed by atoms with Crippen molar-refractivity contribution in [2.45, 2.75) is 6.42 Å². The number of sulfonamides is 1. The van der Waals surface area contributed by atoms with E-state index >= 15 is 0 Å². The Bertz CT molecular complexity index is 822. The highest BCUT2D eigenvalue weighted by Crippen LogP contribution is 2.14. The number of benzene rings is 1. The molecular formula is C18H20N2O3S2. The van der Waals surface area contributed by atoms with E-state index in [0.29, 0.717) is 32.6 Å². The van der Waals surface area contributed by atoms with Crippen LogP contribution in [0.25, 0.3) is 6.08 Å². The smallest absolute Gasteiger partial charge is 0.236 e. The van der Waals surface area contributed by atoms with Gasteiger partial charge in [-0.05, 0) is 23.1 Å². The number of piperazine rings is 1. The molecule has 7 heteroatoms. The topological polar surface area (TPSA) is 57.7 Å². The molecule has 1 aliphatic rings. The third-order valence-corrected chi connectivity index (χ3v) is 6.53. The van der Waals surface area contributed by atoms with E-state index in [0.717, 1.165) is 10.4 Å². The van der Waals surface area contributed by atoms with Crippen molar-refractivity contribution >= 4 is 33.3 Å². The SMILES string of the molecule is O=C(Cc1cccs1)N1CCN(S(=O)(=O)C=Cc2ccccc2)CC1. The lowest BCUT2D eigenvalue weighted by atomic mass is 10.2. The number of rotatable bonds is 5. The number of hydrogen-bond donors (Lipinski definition) is 0. The molecule has 0 atom stereocenters. The Kier molecular flexibility index (Phi) is 5.67. The first-order valence-electron chi connectivity index (χ1n) is 8.08. The zero-order valence-corrected chi connectivity index (χ0v) is 15.4. The summed E-state index contributed by atoms with van der Waals surface area (Å²) in [6.07, 6.45) is 1.99. The highest BCUT2D eigenvalue weighted by atomic mass is 32.2. The summed E-state index contributed by atoms with van der Waals surface area (Å²) in [5.41, 5.74) is 0.843. The first kappa shape index (κ1) is 17.8. The maximum Gasteiger partial charge on any atom is 0.236 e. The molecule has 0 radical (unpaired) electrons. The Morgan fingerprint density at radius 2 is 1.76 bits per heavy atom. The summed E-state index contributed by atoms with van der Waals surface area (Å²) in [6, 6.07) is 13.2. The predicted octanol–water partition coefficient (Wildman–Crippen LogP) is 2.44. The molecule has 0 bridgehead atoms. The molecule has 0 aliphatic carbocycles. The average molecular weight is 377 g/mol. The molecule has 0 spiro atoms. The highest BCUT2D eigenvalue weighted by molar-refractivity contribution is 7.92. The highest BCUT2D eigenvalue weighted by Gasteiger charge is 2.27. The van der Waals surface area contributed by atoms with Crippen molar-refractivity contribution in [3.8, 4) is 0 Å². The van der Waals surface area contributed by atoms with Crippen LogP contribution in [0, 0.1) is 0 Å². The largest absolute Gasteiger partial charge is 0.340 e. The van der Waals surface area contributed by atoms with Crippen LogP contribution in [0.4, 0.5) is 0 Å². The molecule has 0 N–H and O–H groups in total. The van der Waals surface area contributed by atoms with Crippen LogP contribution in [0.15, 0.2) is 53.3 Å². The van der Waals surface area contributed by atoms with E-state index in [4.69, 9.17) is 0 Å². The van der Waals surface area contributed by atoms with Gasteiger partial charge in [0.15, 0.2) is 0 Å². The molecule has 0 unspecified atom stereocenters. The summed E-state index contributed by atoms with van der Waals surface area (Å²) in [4.78, 5) is 15.1. The lowest BCUT2D eigenvalue weighted by Gasteiger charge is -2.33. The zero-order chi connectivity index (χ0) is 17.7. The van der Waals surface area contributed by atoms with Gasteiger partial charge >= 0.3 is 0 Å². The van der Waals surface area contributed by atoms with Crippen LogP contribution >= 0.6 is 11.3 Å². The summed E-state index contributed by atoms with van der Waals surface area (Å²) in [5.74, 6) is 0.0549. The van der Waals surface area contributed by atoms with Crippen LogP contribution in [0.1, 0.15) is 10.4 Å². The Balaban J connectivity index is 1.56. The fourth-order valence-electron chi connectivity index (χ4n) is 2.68. The Morgan fingerprint density at radius 3 is 2.40 bits per heavy atom. The van der Waals surface area contributed by atoms with Crippen molar-refractivity contribution in [3.63, 3.8) is 0 Å². The fourth-order valence-corrected chi connectivity index (χ4v) is 4.55. The molecule has 1 aromatic carbocycles. The van der Waals surface area contributed by atoms with Crippen LogP contribution in [0.2, 0.25) is 0 Å². The van der Waals surface area contributed by atoms with E-state index < -0.39 is 10.0 Å². The molecule has 25 heavy (non-hydrogen) atoms. The van der Waals surface area contributed by atoms with Crippen molar-refractivity contribution < 1.29 is 13.2 Å². The minimum absolute atomic E-state index is 0.0549. The second kappa shape index (κ2) is 7.95. The van der Waals surface area contributed by atoms with Gasteiger partial charge in [0.1, 0.15) is 0 Å². The standard InChI is InChI=1S/C18H20N2O3S2/c21-18(15-17-7-4-13-24-17)19-9-11-20(12-10-19)25(22,23)14-8-16-5-2-1-3-6-16/h1-8,13-14H,9-12,15H2. The first-order chi connectivity index (χ1) is 12.0. The van der Waals surface area contributed by atoms with Gasteiger partial charge in [-0.2, -0.15) is 4.31 Å². The van der Waals surface area contributed by atoms with Crippen molar-refractivity contribution in [1.82, 2.24) is 9.21 Å². The second-order valence-corrected chi connectivity index (χ2v) is 8.65. The molecule has 1 saturated heterocycles. The number of carbonyl (C=O) groups excluding carboxylic acids is 1. The zero-order valence-electron chi connectivity index (χ0n) is 13.7. The monoisotopic (exact) mass is 376 g/mol. The van der Waals surface area contributed by atoms with Crippen LogP contribution < -0.4 is 0 Å². The third-order valence-electron chi connectivity index (χ3n) is 4.09. The van der Waals surface area contributed by atoms with Gasteiger partial charge in [0.2, 0.25) is 15.9 Å². The molecule has 2 heterocycles. The quantitative estimate of drug-likeness (QED) is 0.805. The van der Waals surface area contributed by atoms with Gasteiger partial charge in [-0.25, -0.2) is 8.42 Å². The second-order valence-electron chi connectivity index (χ2n) is 5.79. The number of thiophene rings is 1. The number of nitrogens with zero attached hydrogens (tertiary/aromatic N) is 2. The molecular weight excluding hydrogens is 356 g/mol. The third kappa shape index (κ3) is 4.78. The predicted molar refractivity (Wildman–Crippen MR) is 101 cm³/mol. The Labute approximate surface area is 152 Å². The lowest BCUT2D eigenvalue weighted by Crippen LogP contribution is -2.50. The van der Waals surface area contributed by atoms with Gasteiger partial charge in [-0.3, -0.25) is 4.79 Å². The summed E-state index contributed by atoms with van der Waals surface area (Å²) < 4.78 is 26.3. The van der Waals surface area contributed by atoms with Gasteiger partial charge < -0.3 is 4.90 Å². The summed E-state index contributed by atoms with van der Waals surface area (Å²) in [5, 5.41) is 3.19. The molecule has 1 amide bonds. The van der Waals surface area contributed by atoms with Crippen LogP contribution in [-0.4, -0.2) is 49.7 Å². The minimum atomic E-state index is -3.46. The normalized spacial score (nSPS) is 16.4. The summed E-state index contributed by atoms with van der Waals surface area (Å²) in [6.45, 7) is 1.53. The maximum atomic E-state index is 12.4. The van der Waals surface area contributed by atoms with Gasteiger partial charge in [0.25, 0.3) is 0 Å².